The molecule has 0 saturated heterocycles. The number of carbonyl (C=O) groups is 1. The zero-order chi connectivity index (χ0) is 14.8. The van der Waals surface area contributed by atoms with Crippen LogP contribution in [0.25, 0.3) is 0 Å². The molecule has 3 rings (SSSR count). The number of rotatable bonds is 4. The molecule has 5 N–H and O–H groups in total. The number of anilines is 3. The third-order valence-corrected chi connectivity index (χ3v) is 4.78. The maximum Gasteiger partial charge on any atom is 0.224 e. The molecule has 1 aromatic carbocycles. The summed E-state index contributed by atoms with van der Waals surface area (Å²) in [6.45, 7) is 1.09. The first-order valence-electron chi connectivity index (χ1n) is 7.74. The van der Waals surface area contributed by atoms with Crippen LogP contribution >= 0.6 is 0 Å². The van der Waals surface area contributed by atoms with Crippen molar-refractivity contribution in [2.75, 3.05) is 29.5 Å². The summed E-state index contributed by atoms with van der Waals surface area (Å²) in [7, 11) is 0. The van der Waals surface area contributed by atoms with Gasteiger partial charge in [-0.2, -0.15) is 0 Å². The number of aryl methyl sites for hydroxylation is 1. The summed E-state index contributed by atoms with van der Waals surface area (Å²) < 4.78 is 0. The minimum absolute atomic E-state index is 0.0642. The highest BCUT2D eigenvalue weighted by Gasteiger charge is 2.26. The van der Waals surface area contributed by atoms with E-state index in [9.17, 15) is 9.90 Å². The van der Waals surface area contributed by atoms with Crippen LogP contribution in [0.2, 0.25) is 0 Å². The van der Waals surface area contributed by atoms with Gasteiger partial charge in [0.1, 0.15) is 0 Å². The molecule has 2 atom stereocenters. The van der Waals surface area contributed by atoms with E-state index in [2.05, 4.69) is 10.6 Å². The fraction of sp³-hybridized carbons (Fsp3) is 0.562. The molecule has 2 aliphatic rings. The molecule has 0 bridgehead atoms. The molecule has 0 spiro atoms. The van der Waals surface area contributed by atoms with Gasteiger partial charge in [-0.3, -0.25) is 4.79 Å². The Morgan fingerprint density at radius 1 is 1.29 bits per heavy atom. The van der Waals surface area contributed by atoms with E-state index in [1.165, 1.54) is 6.42 Å². The van der Waals surface area contributed by atoms with Crippen molar-refractivity contribution >= 4 is 23.0 Å². The van der Waals surface area contributed by atoms with E-state index < -0.39 is 0 Å². The first-order valence-corrected chi connectivity index (χ1v) is 7.74. The van der Waals surface area contributed by atoms with Gasteiger partial charge in [0.15, 0.2) is 0 Å². The number of hydrogen-bond acceptors (Lipinski definition) is 4. The van der Waals surface area contributed by atoms with Crippen LogP contribution in [0.1, 0.15) is 31.2 Å². The van der Waals surface area contributed by atoms with Crippen molar-refractivity contribution in [2.45, 2.75) is 32.1 Å². The monoisotopic (exact) mass is 289 g/mol. The molecule has 1 amide bonds. The fourth-order valence-electron chi connectivity index (χ4n) is 3.46. The lowest BCUT2D eigenvalue weighted by Gasteiger charge is -2.22. The topological polar surface area (TPSA) is 87.4 Å². The van der Waals surface area contributed by atoms with Gasteiger partial charge in [-0.1, -0.05) is 6.42 Å². The van der Waals surface area contributed by atoms with Crippen LogP contribution in [0.15, 0.2) is 12.1 Å². The van der Waals surface area contributed by atoms with Crippen molar-refractivity contribution in [1.29, 1.82) is 0 Å². The van der Waals surface area contributed by atoms with Gasteiger partial charge in [0.2, 0.25) is 5.91 Å². The Bertz CT molecular complexity index is 545. The lowest BCUT2D eigenvalue weighted by Crippen LogP contribution is -2.22. The molecule has 1 fully saturated rings. The van der Waals surface area contributed by atoms with Crippen molar-refractivity contribution in [3.05, 3.63) is 17.7 Å². The van der Waals surface area contributed by atoms with Crippen LogP contribution in [-0.2, 0) is 11.2 Å². The highest BCUT2D eigenvalue weighted by atomic mass is 16.3. The maximum atomic E-state index is 11.5. The minimum atomic E-state index is 0.0642. The maximum absolute atomic E-state index is 11.5. The number of carbonyl (C=O) groups excluding carboxylic acids is 1. The molecule has 1 aliphatic carbocycles. The van der Waals surface area contributed by atoms with Crippen molar-refractivity contribution in [1.82, 2.24) is 0 Å². The smallest absolute Gasteiger partial charge is 0.224 e. The molecule has 0 radical (unpaired) electrons. The van der Waals surface area contributed by atoms with Crippen molar-refractivity contribution in [3.63, 3.8) is 0 Å². The van der Waals surface area contributed by atoms with Crippen LogP contribution < -0.4 is 16.4 Å². The average molecular weight is 289 g/mol. The van der Waals surface area contributed by atoms with Gasteiger partial charge in [-0.05, 0) is 48.8 Å². The zero-order valence-corrected chi connectivity index (χ0v) is 12.2. The Labute approximate surface area is 124 Å². The second kappa shape index (κ2) is 5.93. The molecule has 1 heterocycles. The Morgan fingerprint density at radius 3 is 2.90 bits per heavy atom. The number of hydrogen-bond donors (Lipinski definition) is 4. The normalized spacial score (nSPS) is 24.5. The predicted molar refractivity (Wildman–Crippen MR) is 84.2 cm³/mol. The molecule has 0 aromatic heterocycles. The molecular weight excluding hydrogens is 266 g/mol. The largest absolute Gasteiger partial charge is 0.397 e. The van der Waals surface area contributed by atoms with Crippen LogP contribution in [0.4, 0.5) is 17.1 Å². The SMILES string of the molecule is Nc1cc2c(cc1NCC1CCCC1CO)NC(=O)CC2. The van der Waals surface area contributed by atoms with Crippen molar-refractivity contribution in [3.8, 4) is 0 Å². The number of nitrogens with two attached hydrogens (primary N) is 1. The highest BCUT2D eigenvalue weighted by molar-refractivity contribution is 5.95. The first kappa shape index (κ1) is 14.2. The summed E-state index contributed by atoms with van der Waals surface area (Å²) in [5.74, 6) is 0.963. The van der Waals surface area contributed by atoms with Gasteiger partial charge in [-0.15, -0.1) is 0 Å². The summed E-state index contributed by atoms with van der Waals surface area (Å²) >= 11 is 0. The molecule has 114 valence electrons. The third kappa shape index (κ3) is 2.97. The van der Waals surface area contributed by atoms with Crippen LogP contribution in [0.3, 0.4) is 0 Å². The van der Waals surface area contributed by atoms with Gasteiger partial charge in [0.25, 0.3) is 0 Å². The summed E-state index contributed by atoms with van der Waals surface area (Å²) in [5.41, 5.74) is 9.68. The number of nitrogens with one attached hydrogen (secondary N) is 2. The van der Waals surface area contributed by atoms with Crippen LogP contribution in [0, 0.1) is 11.8 Å². The number of amides is 1. The minimum Gasteiger partial charge on any atom is -0.397 e. The van der Waals surface area contributed by atoms with Gasteiger partial charge in [0, 0.05) is 25.3 Å². The summed E-state index contributed by atoms with van der Waals surface area (Å²) in [6.07, 6.45) is 4.73. The summed E-state index contributed by atoms with van der Waals surface area (Å²) in [6, 6.07) is 3.89. The predicted octanol–water partition coefficient (Wildman–Crippen LogP) is 1.97. The number of aliphatic hydroxyl groups is 1. The number of benzene rings is 1. The first-order chi connectivity index (χ1) is 10.2. The Kier molecular flexibility index (Phi) is 4.01. The summed E-state index contributed by atoms with van der Waals surface area (Å²) in [5, 5.41) is 15.7. The lowest BCUT2D eigenvalue weighted by molar-refractivity contribution is -0.116. The van der Waals surface area contributed by atoms with E-state index >= 15 is 0 Å². The Morgan fingerprint density at radius 2 is 2.10 bits per heavy atom. The molecule has 1 aliphatic heterocycles. The van der Waals surface area contributed by atoms with E-state index in [1.807, 2.05) is 12.1 Å². The molecule has 2 unspecified atom stereocenters. The molecule has 5 nitrogen and oxygen atoms in total. The van der Waals surface area contributed by atoms with Gasteiger partial charge >= 0.3 is 0 Å². The Hall–Kier alpha value is -1.75. The second-order valence-electron chi connectivity index (χ2n) is 6.16. The van der Waals surface area contributed by atoms with Crippen molar-refractivity contribution in [2.24, 2.45) is 11.8 Å². The van der Waals surface area contributed by atoms with E-state index in [4.69, 9.17) is 5.73 Å². The lowest BCUT2D eigenvalue weighted by atomic mass is 9.96. The zero-order valence-electron chi connectivity index (χ0n) is 12.2. The van der Waals surface area contributed by atoms with Gasteiger partial charge in [-0.25, -0.2) is 0 Å². The fourth-order valence-corrected chi connectivity index (χ4v) is 3.46. The quantitative estimate of drug-likeness (QED) is 0.638. The van der Waals surface area contributed by atoms with E-state index in [0.717, 1.165) is 48.4 Å². The van der Waals surface area contributed by atoms with E-state index in [1.54, 1.807) is 0 Å². The van der Waals surface area contributed by atoms with Crippen molar-refractivity contribution < 1.29 is 9.90 Å². The highest BCUT2D eigenvalue weighted by Crippen LogP contribution is 2.34. The number of nitrogen functional groups attached to an aromatic ring is 1. The van der Waals surface area contributed by atoms with E-state index in [0.29, 0.717) is 18.3 Å². The summed E-state index contributed by atoms with van der Waals surface area (Å²) in [4.78, 5) is 11.5. The molecule has 21 heavy (non-hydrogen) atoms. The number of fused-ring (bicyclic) bond motifs is 1. The number of aliphatic hydroxyl groups excluding tert-OH is 1. The third-order valence-electron chi connectivity index (χ3n) is 4.78. The van der Waals surface area contributed by atoms with Gasteiger partial charge < -0.3 is 21.5 Å². The Balaban J connectivity index is 1.70. The van der Waals surface area contributed by atoms with Crippen LogP contribution in [0.5, 0.6) is 0 Å². The molecular formula is C16H23N3O2. The van der Waals surface area contributed by atoms with Crippen LogP contribution in [-0.4, -0.2) is 24.2 Å². The average Bonchev–Trinajstić information content (AvgIpc) is 2.93. The van der Waals surface area contributed by atoms with E-state index in [-0.39, 0.29) is 12.5 Å². The molecule has 5 heteroatoms. The standard InChI is InChI=1S/C16H23N3O2/c17-13-6-10-4-5-16(21)19-14(10)7-15(13)18-8-11-2-1-3-12(11)9-20/h6-7,11-12,18,20H,1-5,8-9,17H2,(H,19,21). The second-order valence-corrected chi connectivity index (χ2v) is 6.16. The molecule has 1 saturated carbocycles. The molecule has 1 aromatic rings. The van der Waals surface area contributed by atoms with Gasteiger partial charge in [0.05, 0.1) is 11.4 Å².